The van der Waals surface area contributed by atoms with E-state index in [2.05, 4.69) is 33.8 Å². The van der Waals surface area contributed by atoms with Crippen LogP contribution in [0.3, 0.4) is 0 Å². The third kappa shape index (κ3) is 29.2. The molecule has 0 radical (unpaired) electrons. The van der Waals surface area contributed by atoms with Crippen molar-refractivity contribution in [2.45, 2.75) is 232 Å². The zero-order valence-electron chi connectivity index (χ0n) is 77.2. The minimum Gasteiger partial charge on any atom is -0.507 e. The van der Waals surface area contributed by atoms with Gasteiger partial charge in [0.05, 0.1) is 112 Å². The molecule has 0 amide bonds. The van der Waals surface area contributed by atoms with E-state index in [1.807, 2.05) is 83.1 Å². The summed E-state index contributed by atoms with van der Waals surface area (Å²) in [6.45, 7) is 17.1. The van der Waals surface area contributed by atoms with Gasteiger partial charge >= 0.3 is 0 Å². The van der Waals surface area contributed by atoms with Gasteiger partial charge in [-0.3, -0.25) is 0 Å². The van der Waals surface area contributed by atoms with Crippen LogP contribution in [0.5, 0.6) is 69.0 Å². The predicted molar refractivity (Wildman–Crippen MR) is 499 cm³/mol. The standard InChI is InChI=1S/C18H22O3.C17H20O6.C17H20O4.C16H18O6.C14H22O2.C11H16O2.C10H14O6/c1-4-13-5-11(2)6-14(17(13)20)9-15-7-12(3)8-16(10-19)18(15)21;18-6-12-2-10(3-13(7-19)16(12)22)1-11-4-14(8-20)17(23)15(5-11)9-21;1-10-3-12(6-14(8-18)16(10)20)5-13-4-11(2)17(21)15(7-13)9-19;17-5-11-1-9(2-12(6-18)15(11)21)10-3-13(7-19)16(22)14(4-10)8-20;1-6-10-7-12(14(2,3)4)8-11(9-16-5)13(10)15;1-4-9-5-8(2)6-10(7-13-3)11(9)12;11-1-5-6(2-12)10(16)8(4-14)7(3-13)9(5)15/h5-8,19-21H,4,9-10H2,1-3H3;2-5,18-23H,1,6-9H2;3-4,6-7,18-21H,5,8-9H2,1-2H3;1-4,17-22H,5-8H2;7-8,15H,6,9H2,1-5H3;5-6,12H,4,7H2,1-3H3;11-16H,1-4H2. The summed E-state index contributed by atoms with van der Waals surface area (Å²) < 4.78 is 10.1. The van der Waals surface area contributed by atoms with Crippen molar-refractivity contribution < 1.29 is 147 Å². The Kier molecular flexibility index (Phi) is 44.6. The quantitative estimate of drug-likeness (QED) is 0.0194. The van der Waals surface area contributed by atoms with Gasteiger partial charge in [0.1, 0.15) is 69.0 Å². The molecule has 0 heterocycles. The summed E-state index contributed by atoms with van der Waals surface area (Å²) in [5.74, 6) is -0.00300. The Balaban J connectivity index is 0.000000274. The highest BCUT2D eigenvalue weighted by molar-refractivity contribution is 5.71. The van der Waals surface area contributed by atoms with Crippen molar-refractivity contribution in [1.82, 2.24) is 0 Å². The normalized spacial score (nSPS) is 10.9. The van der Waals surface area contributed by atoms with E-state index in [0.29, 0.717) is 99.8 Å². The van der Waals surface area contributed by atoms with Gasteiger partial charge < -0.3 is 147 Å². The number of aromatic hydroxyl groups is 12. The molecule has 0 spiro atoms. The van der Waals surface area contributed by atoms with E-state index < -0.39 is 64.4 Å². The molecule has 29 nitrogen and oxygen atoms in total. The monoisotopic (exact) mass is 1830 g/mol. The second-order valence-electron chi connectivity index (χ2n) is 32.8. The van der Waals surface area contributed by atoms with Gasteiger partial charge in [-0.05, 0) is 217 Å². The molecule has 11 rings (SSSR count). The SMILES string of the molecule is CCc1cc(C(C)(C)C)cc(COC)c1O.CCc1cc(C)cc(COC)c1O.CCc1cc(C)cc(Cc2cc(C)cc(CO)c2O)c1O.Cc1cc(Cc2cc(C)c(O)c(CO)c2)cc(CO)c1O.OCc1c(O)c(CO)c(CO)c(O)c1CO.OCc1cc(-c2cc(CO)c(O)c(CO)c2)cc(CO)c1O.OCc1cc(Cc2cc(CO)c(O)c(CO)c2)cc(CO)c1O. The molecule has 11 aromatic rings. The van der Waals surface area contributed by atoms with Crippen LogP contribution >= 0.6 is 0 Å². The average Bonchev–Trinajstić information content (AvgIpc) is 0.870. The van der Waals surface area contributed by atoms with Gasteiger partial charge in [-0.1, -0.05) is 113 Å². The molecule has 0 unspecified atom stereocenters. The van der Waals surface area contributed by atoms with E-state index in [0.717, 1.165) is 103 Å². The fraction of sp³-hybridized carbons (Fsp3) is 0.359. The van der Waals surface area contributed by atoms with Crippen LogP contribution < -0.4 is 0 Å². The maximum Gasteiger partial charge on any atom is 0.127 e. The van der Waals surface area contributed by atoms with Crippen molar-refractivity contribution in [3.8, 4) is 80.1 Å². The average molecular weight is 1830 g/mol. The summed E-state index contributed by atoms with van der Waals surface area (Å²) >= 11 is 0. The Labute approximate surface area is 769 Å². The van der Waals surface area contributed by atoms with Crippen LogP contribution in [0.1, 0.15) is 220 Å². The molecular weight excluding hydrogens is 1700 g/mol. The first-order chi connectivity index (χ1) is 62.7. The summed E-state index contributed by atoms with van der Waals surface area (Å²) in [6.07, 6.45) is 3.89. The Hall–Kier alpha value is -11.7. The lowest BCUT2D eigenvalue weighted by Gasteiger charge is -2.22. The highest BCUT2D eigenvalue weighted by atomic mass is 16.5. The Morgan fingerprint density at radius 3 is 0.667 bits per heavy atom. The number of benzene rings is 11. The number of phenols is 12. The Morgan fingerprint density at radius 1 is 0.212 bits per heavy atom. The molecule has 0 aromatic heterocycles. The number of hydrogen-bond donors (Lipinski definition) is 27. The van der Waals surface area contributed by atoms with E-state index in [4.69, 9.17) is 29.9 Å². The van der Waals surface area contributed by atoms with Crippen molar-refractivity contribution >= 4 is 0 Å². The molecule has 0 aliphatic rings. The van der Waals surface area contributed by atoms with E-state index >= 15 is 0 Å². The summed E-state index contributed by atoms with van der Waals surface area (Å²) in [4.78, 5) is 0. The highest BCUT2D eigenvalue weighted by Crippen LogP contribution is 2.41. The highest BCUT2D eigenvalue weighted by Gasteiger charge is 2.25. The molecule has 132 heavy (non-hydrogen) atoms. The third-order valence-electron chi connectivity index (χ3n) is 22.1. The number of aliphatic hydroxyl groups excluding tert-OH is 15. The van der Waals surface area contributed by atoms with Crippen LogP contribution in [0, 0.1) is 34.6 Å². The number of ether oxygens (including phenoxy) is 2. The lowest BCUT2D eigenvalue weighted by Crippen LogP contribution is -2.12. The van der Waals surface area contributed by atoms with Crippen molar-refractivity contribution in [3.05, 3.63) is 299 Å². The van der Waals surface area contributed by atoms with E-state index in [-0.39, 0.29) is 136 Å². The molecule has 11 aromatic carbocycles. The van der Waals surface area contributed by atoms with Crippen LogP contribution in [0.15, 0.2) is 121 Å². The lowest BCUT2D eigenvalue weighted by atomic mass is 9.84. The molecule has 29 heteroatoms. The number of phenolic OH excluding ortho intramolecular Hbond substituents is 3. The van der Waals surface area contributed by atoms with Gasteiger partial charge in [-0.25, -0.2) is 0 Å². The molecule has 27 N–H and O–H groups in total. The fourth-order valence-corrected chi connectivity index (χ4v) is 15.0. The first-order valence-corrected chi connectivity index (χ1v) is 42.7. The zero-order valence-corrected chi connectivity index (χ0v) is 77.2. The van der Waals surface area contributed by atoms with Gasteiger partial charge in [0.2, 0.25) is 0 Å². The van der Waals surface area contributed by atoms with Crippen LogP contribution in [0.4, 0.5) is 0 Å². The smallest absolute Gasteiger partial charge is 0.127 e. The molecule has 0 aliphatic carbocycles. The number of methoxy groups -OCH3 is 2. The molecule has 0 aliphatic heterocycles. The number of rotatable bonds is 29. The second kappa shape index (κ2) is 53.1. The summed E-state index contributed by atoms with van der Waals surface area (Å²) in [5.41, 5.74) is 20.4. The van der Waals surface area contributed by atoms with Gasteiger partial charge in [-0.2, -0.15) is 0 Å². The molecular formula is C103H132O29. The van der Waals surface area contributed by atoms with E-state index in [1.165, 1.54) is 11.1 Å². The zero-order chi connectivity index (χ0) is 98.9. The summed E-state index contributed by atoms with van der Waals surface area (Å²) in [6, 6.07) is 35.6. The van der Waals surface area contributed by atoms with Gasteiger partial charge in [0.25, 0.3) is 0 Å². The van der Waals surface area contributed by atoms with Crippen LogP contribution in [0.25, 0.3) is 11.1 Å². The van der Waals surface area contributed by atoms with Crippen molar-refractivity contribution in [3.63, 3.8) is 0 Å². The number of aryl methyl sites for hydroxylation is 8. The van der Waals surface area contributed by atoms with Crippen LogP contribution in [0.2, 0.25) is 0 Å². The summed E-state index contributed by atoms with van der Waals surface area (Å²) in [5, 5.41) is 257. The molecule has 0 atom stereocenters. The lowest BCUT2D eigenvalue weighted by molar-refractivity contribution is 0.181. The first kappa shape index (κ1) is 111. The topological polar surface area (TPSA) is 565 Å². The number of hydrogen-bond acceptors (Lipinski definition) is 29. The van der Waals surface area contributed by atoms with Crippen molar-refractivity contribution in [1.29, 1.82) is 0 Å². The molecule has 0 fully saturated rings. The maximum atomic E-state index is 10.3. The fourth-order valence-electron chi connectivity index (χ4n) is 15.0. The van der Waals surface area contributed by atoms with Crippen LogP contribution in [-0.2, 0) is 166 Å². The van der Waals surface area contributed by atoms with Gasteiger partial charge in [0, 0.05) is 115 Å². The van der Waals surface area contributed by atoms with Crippen molar-refractivity contribution in [2.75, 3.05) is 14.2 Å². The van der Waals surface area contributed by atoms with Gasteiger partial charge in [-0.15, -0.1) is 0 Å². The molecule has 0 saturated heterocycles. The molecule has 0 bridgehead atoms. The Morgan fingerprint density at radius 2 is 0.409 bits per heavy atom. The second-order valence-corrected chi connectivity index (χ2v) is 32.8. The molecule has 0 saturated carbocycles. The number of aliphatic hydroxyl groups is 15. The minimum atomic E-state index is -0.589. The first-order valence-electron chi connectivity index (χ1n) is 42.7. The van der Waals surface area contributed by atoms with E-state index in [1.54, 1.807) is 94.8 Å². The van der Waals surface area contributed by atoms with Crippen molar-refractivity contribution in [2.24, 2.45) is 0 Å². The Bertz CT molecular complexity index is 5230. The maximum absolute atomic E-state index is 10.3. The molecule has 718 valence electrons. The van der Waals surface area contributed by atoms with E-state index in [9.17, 15) is 117 Å². The third-order valence-corrected chi connectivity index (χ3v) is 22.1. The summed E-state index contributed by atoms with van der Waals surface area (Å²) in [7, 11) is 3.28. The van der Waals surface area contributed by atoms with Gasteiger partial charge in [0.15, 0.2) is 0 Å². The van der Waals surface area contributed by atoms with Crippen LogP contribution in [-0.4, -0.2) is 152 Å². The predicted octanol–water partition coefficient (Wildman–Crippen LogP) is 11.9. The largest absolute Gasteiger partial charge is 0.507 e. The minimum absolute atomic E-state index is 0.0544.